The van der Waals surface area contributed by atoms with Gasteiger partial charge in [-0.3, -0.25) is 4.79 Å². The zero-order chi connectivity index (χ0) is 13.1. The highest BCUT2D eigenvalue weighted by Crippen LogP contribution is 2.11. The summed E-state index contributed by atoms with van der Waals surface area (Å²) < 4.78 is 0. The van der Waals surface area contributed by atoms with Gasteiger partial charge >= 0.3 is 0 Å². The summed E-state index contributed by atoms with van der Waals surface area (Å²) in [4.78, 5) is 11.6. The minimum absolute atomic E-state index is 0.0595. The average Bonchev–Trinajstić information content (AvgIpc) is 2.33. The second-order valence-corrected chi connectivity index (χ2v) is 5.43. The van der Waals surface area contributed by atoms with Gasteiger partial charge in [0, 0.05) is 18.2 Å². The molecule has 0 fully saturated rings. The van der Waals surface area contributed by atoms with E-state index >= 15 is 0 Å². The van der Waals surface area contributed by atoms with Crippen molar-refractivity contribution >= 4 is 29.1 Å². The van der Waals surface area contributed by atoms with Gasteiger partial charge in [0.15, 0.2) is 0 Å². The molecule has 1 amide bonds. The number of carbonyl (C=O) groups is 1. The maximum atomic E-state index is 11.6. The van der Waals surface area contributed by atoms with Crippen LogP contribution in [-0.2, 0) is 4.79 Å². The van der Waals surface area contributed by atoms with Crippen LogP contribution < -0.4 is 5.32 Å². The summed E-state index contributed by atoms with van der Waals surface area (Å²) in [6.07, 6.45) is 7.72. The SMILES string of the molecule is CCCCCCCCC(=O)NC(C)(CCl)CCl. The highest BCUT2D eigenvalue weighted by atomic mass is 35.5. The minimum atomic E-state index is -0.470. The van der Waals surface area contributed by atoms with Crippen molar-refractivity contribution in [2.45, 2.75) is 64.3 Å². The van der Waals surface area contributed by atoms with Gasteiger partial charge in [0.05, 0.1) is 5.54 Å². The topological polar surface area (TPSA) is 29.1 Å². The number of unbranched alkanes of at least 4 members (excludes halogenated alkanes) is 5. The summed E-state index contributed by atoms with van der Waals surface area (Å²) in [6.45, 7) is 4.07. The Labute approximate surface area is 115 Å². The Balaban J connectivity index is 3.59. The Hall–Kier alpha value is 0.0500. The Bertz CT molecular complexity index is 206. The van der Waals surface area contributed by atoms with Gasteiger partial charge in [0.2, 0.25) is 5.91 Å². The molecule has 0 bridgehead atoms. The third-order valence-corrected chi connectivity index (χ3v) is 3.97. The summed E-state index contributed by atoms with van der Waals surface area (Å²) in [5, 5.41) is 2.89. The Morgan fingerprint density at radius 3 is 2.12 bits per heavy atom. The van der Waals surface area contributed by atoms with E-state index in [0.29, 0.717) is 18.2 Å². The normalized spacial score (nSPS) is 11.5. The summed E-state index contributed by atoms with van der Waals surface area (Å²) in [7, 11) is 0. The molecule has 0 atom stereocenters. The molecule has 0 unspecified atom stereocenters. The Morgan fingerprint density at radius 2 is 1.59 bits per heavy atom. The molecule has 0 spiro atoms. The molecule has 0 aliphatic rings. The molecule has 0 rings (SSSR count). The highest BCUT2D eigenvalue weighted by Gasteiger charge is 2.23. The summed E-state index contributed by atoms with van der Waals surface area (Å²) in [5.74, 6) is 0.751. The van der Waals surface area contributed by atoms with Gasteiger partial charge in [-0.2, -0.15) is 0 Å². The van der Waals surface area contributed by atoms with Crippen LogP contribution in [0.3, 0.4) is 0 Å². The van der Waals surface area contributed by atoms with Crippen molar-refractivity contribution in [2.24, 2.45) is 0 Å². The minimum Gasteiger partial charge on any atom is -0.349 e. The number of hydrogen-bond acceptors (Lipinski definition) is 1. The van der Waals surface area contributed by atoms with E-state index in [-0.39, 0.29) is 5.91 Å². The maximum absolute atomic E-state index is 11.6. The van der Waals surface area contributed by atoms with Crippen molar-refractivity contribution in [1.82, 2.24) is 5.32 Å². The largest absolute Gasteiger partial charge is 0.349 e. The van der Waals surface area contributed by atoms with Crippen LogP contribution in [0, 0.1) is 0 Å². The first-order valence-electron chi connectivity index (χ1n) is 6.51. The van der Waals surface area contributed by atoms with E-state index in [9.17, 15) is 4.79 Å². The van der Waals surface area contributed by atoms with Crippen molar-refractivity contribution in [2.75, 3.05) is 11.8 Å². The molecule has 0 saturated carbocycles. The van der Waals surface area contributed by atoms with E-state index in [2.05, 4.69) is 12.2 Å². The average molecular weight is 282 g/mol. The van der Waals surface area contributed by atoms with Crippen LogP contribution in [0.4, 0.5) is 0 Å². The van der Waals surface area contributed by atoms with E-state index in [1.54, 1.807) is 0 Å². The molecule has 0 aliphatic carbocycles. The molecule has 102 valence electrons. The number of alkyl halides is 2. The molecule has 0 aromatic carbocycles. The number of nitrogens with one attached hydrogen (secondary N) is 1. The first-order chi connectivity index (χ1) is 8.08. The van der Waals surface area contributed by atoms with Crippen molar-refractivity contribution in [1.29, 1.82) is 0 Å². The summed E-state index contributed by atoms with van der Waals surface area (Å²) in [5.41, 5.74) is -0.470. The van der Waals surface area contributed by atoms with Crippen molar-refractivity contribution in [3.8, 4) is 0 Å². The van der Waals surface area contributed by atoms with Crippen LogP contribution in [-0.4, -0.2) is 23.2 Å². The van der Waals surface area contributed by atoms with E-state index < -0.39 is 5.54 Å². The molecule has 0 saturated heterocycles. The van der Waals surface area contributed by atoms with Gasteiger partial charge in [-0.15, -0.1) is 23.2 Å². The number of hydrogen-bond donors (Lipinski definition) is 1. The lowest BCUT2D eigenvalue weighted by Crippen LogP contribution is -2.49. The Kier molecular flexibility index (Phi) is 10.0. The fourth-order valence-electron chi connectivity index (χ4n) is 1.57. The second kappa shape index (κ2) is 10.0. The highest BCUT2D eigenvalue weighted by molar-refractivity contribution is 6.22. The molecular weight excluding hydrogens is 257 g/mol. The zero-order valence-electron chi connectivity index (χ0n) is 11.0. The number of rotatable bonds is 10. The van der Waals surface area contributed by atoms with E-state index in [0.717, 1.165) is 12.8 Å². The predicted molar refractivity (Wildman–Crippen MR) is 76.0 cm³/mol. The third-order valence-electron chi connectivity index (χ3n) is 2.79. The maximum Gasteiger partial charge on any atom is 0.220 e. The van der Waals surface area contributed by atoms with Crippen molar-refractivity contribution in [3.63, 3.8) is 0 Å². The summed E-state index contributed by atoms with van der Waals surface area (Å²) in [6, 6.07) is 0. The molecule has 0 aromatic rings. The lowest BCUT2D eigenvalue weighted by Gasteiger charge is -2.25. The van der Waals surface area contributed by atoms with E-state index in [4.69, 9.17) is 23.2 Å². The molecule has 4 heteroatoms. The lowest BCUT2D eigenvalue weighted by molar-refractivity contribution is -0.122. The van der Waals surface area contributed by atoms with Crippen LogP contribution in [0.2, 0.25) is 0 Å². The Morgan fingerprint density at radius 1 is 1.06 bits per heavy atom. The smallest absolute Gasteiger partial charge is 0.220 e. The fraction of sp³-hybridized carbons (Fsp3) is 0.923. The first kappa shape index (κ1) is 17.1. The van der Waals surface area contributed by atoms with Crippen molar-refractivity contribution < 1.29 is 4.79 Å². The monoisotopic (exact) mass is 281 g/mol. The second-order valence-electron chi connectivity index (χ2n) is 4.89. The first-order valence-corrected chi connectivity index (χ1v) is 7.58. The van der Waals surface area contributed by atoms with Gasteiger partial charge in [0.25, 0.3) is 0 Å². The third kappa shape index (κ3) is 8.73. The zero-order valence-corrected chi connectivity index (χ0v) is 12.5. The van der Waals surface area contributed by atoms with Gasteiger partial charge in [0.1, 0.15) is 0 Å². The van der Waals surface area contributed by atoms with Crippen LogP contribution in [0.15, 0.2) is 0 Å². The van der Waals surface area contributed by atoms with Crippen molar-refractivity contribution in [3.05, 3.63) is 0 Å². The van der Waals surface area contributed by atoms with Gasteiger partial charge in [-0.05, 0) is 13.3 Å². The number of carbonyl (C=O) groups excluding carboxylic acids is 1. The van der Waals surface area contributed by atoms with E-state index in [1.165, 1.54) is 25.7 Å². The number of amides is 1. The van der Waals surface area contributed by atoms with Gasteiger partial charge < -0.3 is 5.32 Å². The van der Waals surface area contributed by atoms with Gasteiger partial charge in [-0.1, -0.05) is 39.0 Å². The molecular formula is C13H25Cl2NO. The number of halogens is 2. The van der Waals surface area contributed by atoms with E-state index in [1.807, 2.05) is 6.92 Å². The molecule has 0 aliphatic heterocycles. The molecule has 2 nitrogen and oxygen atoms in total. The standard InChI is InChI=1S/C13H25Cl2NO/c1-3-4-5-6-7-8-9-12(17)16-13(2,10-14)11-15/h3-11H2,1-2H3,(H,16,17). The van der Waals surface area contributed by atoms with Crippen LogP contribution >= 0.6 is 23.2 Å². The summed E-state index contributed by atoms with van der Waals surface area (Å²) >= 11 is 11.5. The molecule has 0 aromatic heterocycles. The lowest BCUT2D eigenvalue weighted by atomic mass is 10.1. The van der Waals surface area contributed by atoms with Gasteiger partial charge in [-0.25, -0.2) is 0 Å². The van der Waals surface area contributed by atoms with Crippen LogP contribution in [0.5, 0.6) is 0 Å². The predicted octanol–water partition coefficient (Wildman–Crippen LogP) is 4.09. The molecule has 1 N–H and O–H groups in total. The quantitative estimate of drug-likeness (QED) is 0.474. The van der Waals surface area contributed by atoms with Crippen LogP contribution in [0.1, 0.15) is 58.8 Å². The fourth-order valence-corrected chi connectivity index (χ4v) is 1.99. The molecule has 17 heavy (non-hydrogen) atoms. The molecule has 0 radical (unpaired) electrons. The van der Waals surface area contributed by atoms with Crippen LogP contribution in [0.25, 0.3) is 0 Å². The molecule has 0 heterocycles.